The van der Waals surface area contributed by atoms with Gasteiger partial charge in [0.05, 0.1) is 0 Å². The van der Waals surface area contributed by atoms with Gasteiger partial charge in [-0.3, -0.25) is 0 Å². The summed E-state index contributed by atoms with van der Waals surface area (Å²) in [4.78, 5) is 25.6. The summed E-state index contributed by atoms with van der Waals surface area (Å²) in [5.41, 5.74) is 0. The number of phosphoric acid groups is 1. The molecule has 0 aliphatic heterocycles. The van der Waals surface area contributed by atoms with Crippen LogP contribution in [-0.2, 0) is 4.57 Å². The summed E-state index contributed by atoms with van der Waals surface area (Å²) in [5.74, 6) is 0. The molecule has 0 aromatic heterocycles. The van der Waals surface area contributed by atoms with Gasteiger partial charge in [-0.2, -0.15) is 7.82 Å². The SMILES string of the molecule is O=P([O-])([O-])[O-].[Bi+3].[F-].[La+3]. The molecule has 0 spiro atoms. The van der Waals surface area contributed by atoms with Crippen molar-refractivity contribution in [1.82, 2.24) is 0 Å². The predicted octanol–water partition coefficient (Wildman–Crippen LogP) is -6.20. The average Bonchev–Trinajstić information content (AvgIpc) is 0.722. The molecule has 8 heteroatoms. The van der Waals surface area contributed by atoms with Gasteiger partial charge in [-0.1, -0.05) is 0 Å². The molecular formula is BiFLaO4P+2. The van der Waals surface area contributed by atoms with Gasteiger partial charge >= 0.3 is 61.8 Å². The monoisotopic (exact) mass is 462 g/mol. The Hall–Kier alpha value is 2.12. The second kappa shape index (κ2) is 9.12. The Morgan fingerprint density at radius 1 is 1.12 bits per heavy atom. The molecule has 0 heterocycles. The van der Waals surface area contributed by atoms with Crippen LogP contribution in [0.3, 0.4) is 0 Å². The Bertz CT molecular complexity index is 62.2. The number of rotatable bonds is 0. The van der Waals surface area contributed by atoms with Gasteiger partial charge in [-0.15, -0.1) is 0 Å². The zero-order valence-electron chi connectivity index (χ0n) is 3.48. The molecule has 0 aliphatic rings. The number of hydrogen-bond acceptors (Lipinski definition) is 4. The largest absolute Gasteiger partial charge is 3.00 e. The van der Waals surface area contributed by atoms with Gasteiger partial charge in [0, 0.05) is 0 Å². The standard InChI is InChI=1S/Bi.FH.La.H3O4P/c;;;1-5(2,3)4/h;1H;;(H3,1,2,3,4)/q+3;;+3;/p-4. The van der Waals surface area contributed by atoms with E-state index in [1.165, 1.54) is 0 Å². The van der Waals surface area contributed by atoms with E-state index < -0.39 is 7.82 Å². The van der Waals surface area contributed by atoms with Crippen molar-refractivity contribution in [3.63, 3.8) is 0 Å². The minimum Gasteiger partial charge on any atom is -1.00 e. The van der Waals surface area contributed by atoms with E-state index in [0.29, 0.717) is 0 Å². The van der Waals surface area contributed by atoms with Gasteiger partial charge in [-0.05, 0) is 0 Å². The molecular weight excluding hydrogens is 462 g/mol. The van der Waals surface area contributed by atoms with Crippen molar-refractivity contribution in [3.8, 4) is 0 Å². The van der Waals surface area contributed by atoms with E-state index in [4.69, 9.17) is 19.2 Å². The van der Waals surface area contributed by atoms with Gasteiger partial charge in [0.15, 0.2) is 0 Å². The summed E-state index contributed by atoms with van der Waals surface area (Å²) in [6, 6.07) is 0. The molecule has 0 atom stereocenters. The summed E-state index contributed by atoms with van der Waals surface area (Å²) in [5, 5.41) is 0. The molecule has 0 saturated heterocycles. The first kappa shape index (κ1) is 22.5. The van der Waals surface area contributed by atoms with Crippen LogP contribution in [-0.4, -0.2) is 26.2 Å². The molecule has 42 valence electrons. The van der Waals surface area contributed by atoms with Crippen molar-refractivity contribution < 1.29 is 59.5 Å². The normalized spacial score (nSPS) is 7.38. The van der Waals surface area contributed by atoms with E-state index >= 15 is 0 Å². The Morgan fingerprint density at radius 3 is 1.12 bits per heavy atom. The van der Waals surface area contributed by atoms with E-state index in [0.717, 1.165) is 0 Å². The van der Waals surface area contributed by atoms with E-state index in [2.05, 4.69) is 0 Å². The minimum atomic E-state index is -5.39. The predicted molar refractivity (Wildman–Crippen MR) is 13.4 cm³/mol. The maximum atomic E-state index is 8.55. The molecule has 0 amide bonds. The van der Waals surface area contributed by atoms with Crippen LogP contribution in [0.2, 0.25) is 0 Å². The zero-order valence-corrected chi connectivity index (χ0v) is 11.5. The van der Waals surface area contributed by atoms with E-state index in [1.54, 1.807) is 0 Å². The van der Waals surface area contributed by atoms with E-state index in [9.17, 15) is 0 Å². The topological polar surface area (TPSA) is 86.2 Å². The van der Waals surface area contributed by atoms with Crippen LogP contribution in [0.5, 0.6) is 0 Å². The maximum absolute atomic E-state index is 8.55. The first-order valence-corrected chi connectivity index (χ1v) is 2.19. The smallest absolute Gasteiger partial charge is 1.00 e. The van der Waals surface area contributed by atoms with Crippen LogP contribution in [0.4, 0.5) is 0 Å². The summed E-state index contributed by atoms with van der Waals surface area (Å²) in [7, 11) is -5.39. The average molecular weight is 462 g/mol. The third-order valence-corrected chi connectivity index (χ3v) is 0. The molecule has 0 aliphatic carbocycles. The Kier molecular flexibility index (Phi) is 25.6. The van der Waals surface area contributed by atoms with Gasteiger partial charge in [0.2, 0.25) is 0 Å². The first-order chi connectivity index (χ1) is 2.00. The molecule has 0 rings (SSSR count). The number of halogens is 1. The summed E-state index contributed by atoms with van der Waals surface area (Å²) in [6.45, 7) is 0. The summed E-state index contributed by atoms with van der Waals surface area (Å²) in [6.07, 6.45) is 0. The minimum absolute atomic E-state index is 0. The second-order valence-corrected chi connectivity index (χ2v) is 1.34. The van der Waals surface area contributed by atoms with Crippen molar-refractivity contribution in [1.29, 1.82) is 0 Å². The van der Waals surface area contributed by atoms with Gasteiger partial charge in [0.25, 0.3) is 0 Å². The van der Waals surface area contributed by atoms with Crippen LogP contribution in [0.1, 0.15) is 0 Å². The van der Waals surface area contributed by atoms with Gasteiger partial charge in [0.1, 0.15) is 0 Å². The van der Waals surface area contributed by atoms with Gasteiger partial charge in [-0.25, -0.2) is 0 Å². The van der Waals surface area contributed by atoms with Crippen molar-refractivity contribution >= 4 is 34.0 Å². The first-order valence-electron chi connectivity index (χ1n) is 0.730. The third kappa shape index (κ3) is 91.7. The van der Waals surface area contributed by atoms with Crippen molar-refractivity contribution in [2.45, 2.75) is 0 Å². The molecule has 0 bridgehead atoms. The number of hydrogen-bond donors (Lipinski definition) is 0. The third-order valence-electron chi connectivity index (χ3n) is 0. The second-order valence-electron chi connectivity index (χ2n) is 0.447. The van der Waals surface area contributed by atoms with Crippen LogP contribution >= 0.6 is 7.82 Å². The fourth-order valence-electron chi connectivity index (χ4n) is 0. The Labute approximate surface area is 92.4 Å². The van der Waals surface area contributed by atoms with Crippen LogP contribution < -0.4 is 19.4 Å². The molecule has 0 saturated carbocycles. The fraction of sp³-hybridized carbons (Fsp3) is 0. The van der Waals surface area contributed by atoms with Crippen LogP contribution in [0, 0.1) is 35.6 Å². The molecule has 8 heavy (non-hydrogen) atoms. The van der Waals surface area contributed by atoms with Crippen molar-refractivity contribution in [2.24, 2.45) is 0 Å². The quantitative estimate of drug-likeness (QED) is 0.265. The molecule has 2 radical (unpaired) electrons. The molecule has 4 nitrogen and oxygen atoms in total. The molecule has 0 aromatic rings. The fourth-order valence-corrected chi connectivity index (χ4v) is 0. The van der Waals surface area contributed by atoms with Crippen LogP contribution in [0.15, 0.2) is 0 Å². The molecule has 0 N–H and O–H groups in total. The van der Waals surface area contributed by atoms with E-state index in [1.807, 2.05) is 0 Å². The van der Waals surface area contributed by atoms with Crippen LogP contribution in [0.25, 0.3) is 0 Å². The van der Waals surface area contributed by atoms with Crippen molar-refractivity contribution in [2.75, 3.05) is 0 Å². The summed E-state index contributed by atoms with van der Waals surface area (Å²) >= 11 is 0. The Balaban J connectivity index is -0.0000000267. The molecule has 0 unspecified atom stereocenters. The zero-order chi connectivity index (χ0) is 4.50. The maximum Gasteiger partial charge on any atom is 3.00 e. The van der Waals surface area contributed by atoms with E-state index in [-0.39, 0.29) is 66.5 Å². The molecule has 0 fully saturated rings. The van der Waals surface area contributed by atoms with Gasteiger partial charge < -0.3 is 23.9 Å². The molecule has 0 aromatic carbocycles. The Morgan fingerprint density at radius 2 is 1.12 bits per heavy atom. The van der Waals surface area contributed by atoms with Crippen molar-refractivity contribution in [3.05, 3.63) is 0 Å². The summed E-state index contributed by atoms with van der Waals surface area (Å²) < 4.78 is 8.55.